The van der Waals surface area contributed by atoms with E-state index >= 15 is 0 Å². The molecule has 0 N–H and O–H groups in total. The summed E-state index contributed by atoms with van der Waals surface area (Å²) in [4.78, 5) is 2.51. The van der Waals surface area contributed by atoms with Crippen molar-refractivity contribution in [3.63, 3.8) is 0 Å². The summed E-state index contributed by atoms with van der Waals surface area (Å²) in [5.41, 5.74) is 0.512. The lowest BCUT2D eigenvalue weighted by atomic mass is 9.87. The SMILES string of the molecule is CCC1(C)CCCCN1C. The van der Waals surface area contributed by atoms with E-state index in [-0.39, 0.29) is 0 Å². The van der Waals surface area contributed by atoms with Gasteiger partial charge in [-0.25, -0.2) is 0 Å². The van der Waals surface area contributed by atoms with Crippen LogP contribution in [0.3, 0.4) is 0 Å². The minimum atomic E-state index is 0.512. The molecule has 1 atom stereocenters. The predicted molar refractivity (Wildman–Crippen MR) is 45.2 cm³/mol. The summed E-state index contributed by atoms with van der Waals surface area (Å²) in [6.45, 7) is 5.97. The summed E-state index contributed by atoms with van der Waals surface area (Å²) in [7, 11) is 2.25. The van der Waals surface area contributed by atoms with Crippen molar-refractivity contribution in [1.82, 2.24) is 4.90 Å². The van der Waals surface area contributed by atoms with Gasteiger partial charge in [0.2, 0.25) is 0 Å². The van der Waals surface area contributed by atoms with Gasteiger partial charge < -0.3 is 4.90 Å². The van der Waals surface area contributed by atoms with E-state index in [1.165, 1.54) is 32.2 Å². The molecule has 0 radical (unpaired) electrons. The van der Waals surface area contributed by atoms with Crippen molar-refractivity contribution < 1.29 is 0 Å². The summed E-state index contributed by atoms with van der Waals surface area (Å²) in [6, 6.07) is 0. The fraction of sp³-hybridized carbons (Fsp3) is 1.00. The van der Waals surface area contributed by atoms with Crippen LogP contribution in [0.5, 0.6) is 0 Å². The average Bonchev–Trinajstić information content (AvgIpc) is 1.96. The first-order valence-corrected chi connectivity index (χ1v) is 4.40. The van der Waals surface area contributed by atoms with Gasteiger partial charge in [0.05, 0.1) is 0 Å². The average molecular weight is 141 g/mol. The van der Waals surface area contributed by atoms with Crippen LogP contribution in [0.4, 0.5) is 0 Å². The van der Waals surface area contributed by atoms with Crippen molar-refractivity contribution in [3.05, 3.63) is 0 Å². The second-order valence-electron chi connectivity index (χ2n) is 3.73. The van der Waals surface area contributed by atoms with Crippen molar-refractivity contribution in [2.24, 2.45) is 0 Å². The Hall–Kier alpha value is -0.0400. The molecule has 1 rings (SSSR count). The van der Waals surface area contributed by atoms with Gasteiger partial charge in [-0.1, -0.05) is 13.3 Å². The first-order chi connectivity index (χ1) is 4.69. The Kier molecular flexibility index (Phi) is 2.35. The number of hydrogen-bond acceptors (Lipinski definition) is 1. The molecule has 0 aromatic rings. The largest absolute Gasteiger partial charge is 0.301 e. The maximum atomic E-state index is 2.51. The van der Waals surface area contributed by atoms with E-state index in [9.17, 15) is 0 Å². The van der Waals surface area contributed by atoms with Crippen LogP contribution in [-0.4, -0.2) is 24.0 Å². The summed E-state index contributed by atoms with van der Waals surface area (Å²) >= 11 is 0. The van der Waals surface area contributed by atoms with Crippen molar-refractivity contribution in [1.29, 1.82) is 0 Å². The van der Waals surface area contributed by atoms with Gasteiger partial charge in [0.15, 0.2) is 0 Å². The van der Waals surface area contributed by atoms with Gasteiger partial charge >= 0.3 is 0 Å². The molecule has 1 saturated heterocycles. The van der Waals surface area contributed by atoms with Crippen LogP contribution in [0.1, 0.15) is 39.5 Å². The van der Waals surface area contributed by atoms with Gasteiger partial charge in [0.1, 0.15) is 0 Å². The van der Waals surface area contributed by atoms with E-state index in [0.29, 0.717) is 5.54 Å². The Morgan fingerprint density at radius 1 is 1.40 bits per heavy atom. The zero-order valence-corrected chi connectivity index (χ0v) is 7.48. The minimum absolute atomic E-state index is 0.512. The second kappa shape index (κ2) is 2.91. The molecule has 0 aromatic carbocycles. The minimum Gasteiger partial charge on any atom is -0.301 e. The number of rotatable bonds is 1. The van der Waals surface area contributed by atoms with E-state index in [1.54, 1.807) is 0 Å². The molecule has 1 fully saturated rings. The molecule has 0 spiro atoms. The highest BCUT2D eigenvalue weighted by molar-refractivity contribution is 4.86. The zero-order chi connectivity index (χ0) is 7.61. The van der Waals surface area contributed by atoms with Gasteiger partial charge in [-0.3, -0.25) is 0 Å². The van der Waals surface area contributed by atoms with Gasteiger partial charge in [-0.05, 0) is 39.8 Å². The van der Waals surface area contributed by atoms with E-state index in [2.05, 4.69) is 25.8 Å². The van der Waals surface area contributed by atoms with Crippen LogP contribution in [0, 0.1) is 0 Å². The van der Waals surface area contributed by atoms with Crippen molar-refractivity contribution >= 4 is 0 Å². The second-order valence-corrected chi connectivity index (χ2v) is 3.73. The van der Waals surface area contributed by atoms with Gasteiger partial charge in [-0.15, -0.1) is 0 Å². The Balaban J connectivity index is 2.54. The predicted octanol–water partition coefficient (Wildman–Crippen LogP) is 2.27. The Morgan fingerprint density at radius 2 is 2.10 bits per heavy atom. The third kappa shape index (κ3) is 1.34. The number of likely N-dealkylation sites (tertiary alicyclic amines) is 1. The third-order valence-corrected chi connectivity index (χ3v) is 3.14. The lowest BCUT2D eigenvalue weighted by Gasteiger charge is -2.42. The summed E-state index contributed by atoms with van der Waals surface area (Å²) < 4.78 is 0. The van der Waals surface area contributed by atoms with Gasteiger partial charge in [-0.2, -0.15) is 0 Å². The molecule has 1 nitrogen and oxygen atoms in total. The van der Waals surface area contributed by atoms with E-state index < -0.39 is 0 Å². The number of nitrogens with zero attached hydrogens (tertiary/aromatic N) is 1. The third-order valence-electron chi connectivity index (χ3n) is 3.14. The smallest absolute Gasteiger partial charge is 0.0175 e. The van der Waals surface area contributed by atoms with Crippen LogP contribution in [-0.2, 0) is 0 Å². The summed E-state index contributed by atoms with van der Waals surface area (Å²) in [5, 5.41) is 0. The molecule has 1 heterocycles. The lowest BCUT2D eigenvalue weighted by Crippen LogP contribution is -2.46. The Morgan fingerprint density at radius 3 is 2.50 bits per heavy atom. The molecule has 60 valence electrons. The quantitative estimate of drug-likeness (QED) is 0.541. The molecule has 1 aliphatic heterocycles. The Labute approximate surface area is 64.4 Å². The highest BCUT2D eigenvalue weighted by atomic mass is 15.2. The summed E-state index contributed by atoms with van der Waals surface area (Å²) in [5.74, 6) is 0. The van der Waals surface area contributed by atoms with Crippen molar-refractivity contribution in [2.75, 3.05) is 13.6 Å². The molecule has 0 saturated carbocycles. The summed E-state index contributed by atoms with van der Waals surface area (Å²) in [6.07, 6.45) is 5.50. The van der Waals surface area contributed by atoms with E-state index in [1.807, 2.05) is 0 Å². The van der Waals surface area contributed by atoms with Crippen LogP contribution >= 0.6 is 0 Å². The molecule has 0 bridgehead atoms. The number of piperidine rings is 1. The molecular weight excluding hydrogens is 122 g/mol. The fourth-order valence-electron chi connectivity index (χ4n) is 1.76. The van der Waals surface area contributed by atoms with Crippen molar-refractivity contribution in [3.8, 4) is 0 Å². The van der Waals surface area contributed by atoms with Gasteiger partial charge in [0.25, 0.3) is 0 Å². The van der Waals surface area contributed by atoms with Crippen LogP contribution in [0.25, 0.3) is 0 Å². The molecule has 1 aliphatic rings. The van der Waals surface area contributed by atoms with Crippen LogP contribution in [0.2, 0.25) is 0 Å². The molecule has 10 heavy (non-hydrogen) atoms. The molecule has 0 aliphatic carbocycles. The van der Waals surface area contributed by atoms with Crippen LogP contribution < -0.4 is 0 Å². The maximum Gasteiger partial charge on any atom is 0.0175 e. The Bertz CT molecular complexity index is 111. The standard InChI is InChI=1S/C9H19N/c1-4-9(2)7-5-6-8-10(9)3/h4-8H2,1-3H3. The molecule has 1 unspecified atom stereocenters. The highest BCUT2D eigenvalue weighted by Crippen LogP contribution is 2.28. The molecule has 1 heteroatoms. The molecular formula is C9H19N. The van der Waals surface area contributed by atoms with Gasteiger partial charge in [0, 0.05) is 5.54 Å². The van der Waals surface area contributed by atoms with Crippen LogP contribution in [0.15, 0.2) is 0 Å². The molecule has 0 amide bonds. The topological polar surface area (TPSA) is 3.24 Å². The fourth-order valence-corrected chi connectivity index (χ4v) is 1.76. The van der Waals surface area contributed by atoms with Crippen molar-refractivity contribution in [2.45, 2.75) is 45.1 Å². The first-order valence-electron chi connectivity index (χ1n) is 4.40. The molecule has 0 aromatic heterocycles. The maximum absolute atomic E-state index is 2.51. The lowest BCUT2D eigenvalue weighted by molar-refractivity contribution is 0.0863. The number of hydrogen-bond donors (Lipinski definition) is 0. The first kappa shape index (κ1) is 8.06. The zero-order valence-electron chi connectivity index (χ0n) is 7.48. The van der Waals surface area contributed by atoms with E-state index in [0.717, 1.165) is 0 Å². The normalized spacial score (nSPS) is 36.3. The highest BCUT2D eigenvalue weighted by Gasteiger charge is 2.29. The van der Waals surface area contributed by atoms with E-state index in [4.69, 9.17) is 0 Å². The monoisotopic (exact) mass is 141 g/mol.